The molecule has 1 aromatic carbocycles. The van der Waals surface area contributed by atoms with Gasteiger partial charge in [0.25, 0.3) is 0 Å². The van der Waals surface area contributed by atoms with Crippen molar-refractivity contribution in [3.8, 4) is 0 Å². The molecule has 98 valence electrons. The van der Waals surface area contributed by atoms with E-state index < -0.39 is 5.97 Å². The summed E-state index contributed by atoms with van der Waals surface area (Å²) >= 11 is 1.27. The average Bonchev–Trinajstić information content (AvgIpc) is 2.74. The second kappa shape index (κ2) is 5.49. The highest BCUT2D eigenvalue weighted by Gasteiger charge is 2.08. The number of thiazole rings is 1. The topological polar surface area (TPSA) is 105 Å². The molecule has 0 unspecified atom stereocenters. The molecule has 19 heavy (non-hydrogen) atoms. The van der Waals surface area contributed by atoms with Gasteiger partial charge in [-0.25, -0.2) is 9.78 Å². The number of carbonyl (C=O) groups excluding carboxylic acids is 1. The second-order valence-electron chi connectivity index (χ2n) is 3.79. The molecule has 4 N–H and O–H groups in total. The molecule has 0 spiro atoms. The maximum absolute atomic E-state index is 11.7. The fraction of sp³-hybridized carbons (Fsp3) is 0.0833. The minimum Gasteiger partial charge on any atom is -0.478 e. The third-order valence-electron chi connectivity index (χ3n) is 2.30. The molecule has 0 atom stereocenters. The summed E-state index contributed by atoms with van der Waals surface area (Å²) < 4.78 is 0. The fourth-order valence-corrected chi connectivity index (χ4v) is 2.07. The van der Waals surface area contributed by atoms with E-state index in [0.29, 0.717) is 16.5 Å². The van der Waals surface area contributed by atoms with Gasteiger partial charge >= 0.3 is 5.97 Å². The minimum absolute atomic E-state index is 0.102. The predicted octanol–water partition coefficient (Wildman–Crippen LogP) is 1.60. The molecule has 0 saturated carbocycles. The van der Waals surface area contributed by atoms with E-state index in [1.165, 1.54) is 23.5 Å². The smallest absolute Gasteiger partial charge is 0.335 e. The van der Waals surface area contributed by atoms with E-state index in [1.54, 1.807) is 17.5 Å². The highest BCUT2D eigenvalue weighted by Crippen LogP contribution is 2.14. The molecule has 1 heterocycles. The van der Waals surface area contributed by atoms with E-state index in [4.69, 9.17) is 10.8 Å². The van der Waals surface area contributed by atoms with Gasteiger partial charge in [0.15, 0.2) is 5.13 Å². The minimum atomic E-state index is -1.04. The molecule has 6 nitrogen and oxygen atoms in total. The van der Waals surface area contributed by atoms with Gasteiger partial charge in [0, 0.05) is 11.1 Å². The van der Waals surface area contributed by atoms with Crippen LogP contribution in [0.5, 0.6) is 0 Å². The van der Waals surface area contributed by atoms with Crippen LogP contribution in [0.1, 0.15) is 16.1 Å². The number of aromatic nitrogens is 1. The Balaban J connectivity index is 2.02. The van der Waals surface area contributed by atoms with Crippen molar-refractivity contribution >= 4 is 34.0 Å². The molecule has 2 rings (SSSR count). The number of benzene rings is 1. The average molecular weight is 277 g/mol. The van der Waals surface area contributed by atoms with Crippen LogP contribution in [-0.2, 0) is 11.2 Å². The van der Waals surface area contributed by atoms with Gasteiger partial charge in [-0.3, -0.25) is 4.79 Å². The number of nitrogen functional groups attached to an aromatic ring is 1. The summed E-state index contributed by atoms with van der Waals surface area (Å²) in [5.74, 6) is -1.31. The number of nitrogens with zero attached hydrogens (tertiary/aromatic N) is 1. The number of nitrogens with one attached hydrogen (secondary N) is 1. The number of aromatic carboxylic acids is 1. The van der Waals surface area contributed by atoms with Crippen LogP contribution in [-0.4, -0.2) is 22.0 Å². The van der Waals surface area contributed by atoms with Gasteiger partial charge in [-0.2, -0.15) is 0 Å². The molecule has 0 bridgehead atoms. The van der Waals surface area contributed by atoms with E-state index in [9.17, 15) is 9.59 Å². The number of nitrogens with two attached hydrogens (primary N) is 1. The number of rotatable bonds is 4. The molecule has 0 fully saturated rings. The van der Waals surface area contributed by atoms with Crippen LogP contribution in [0.2, 0.25) is 0 Å². The summed E-state index contributed by atoms with van der Waals surface area (Å²) in [7, 11) is 0. The third kappa shape index (κ3) is 3.52. The lowest BCUT2D eigenvalue weighted by Crippen LogP contribution is -2.15. The molecule has 0 aliphatic rings. The van der Waals surface area contributed by atoms with Crippen LogP contribution in [0.15, 0.2) is 29.6 Å². The van der Waals surface area contributed by atoms with Gasteiger partial charge < -0.3 is 16.2 Å². The molecule has 0 aliphatic carbocycles. The first-order chi connectivity index (χ1) is 9.04. The Hall–Kier alpha value is -2.41. The number of carboxylic acid groups (broad SMARTS) is 1. The summed E-state index contributed by atoms with van der Waals surface area (Å²) in [6, 6.07) is 6.05. The summed E-state index contributed by atoms with van der Waals surface area (Å²) in [6.07, 6.45) is 0.102. The molecule has 0 aliphatic heterocycles. The van der Waals surface area contributed by atoms with Crippen LogP contribution in [0.4, 0.5) is 10.8 Å². The maximum atomic E-state index is 11.7. The predicted molar refractivity (Wildman–Crippen MR) is 72.3 cm³/mol. The van der Waals surface area contributed by atoms with Crippen LogP contribution < -0.4 is 11.1 Å². The van der Waals surface area contributed by atoms with Crippen molar-refractivity contribution in [2.24, 2.45) is 0 Å². The fourth-order valence-electron chi connectivity index (χ4n) is 1.50. The molecule has 1 aromatic heterocycles. The maximum Gasteiger partial charge on any atom is 0.335 e. The van der Waals surface area contributed by atoms with Gasteiger partial charge in [0.1, 0.15) is 0 Å². The first-order valence-electron chi connectivity index (χ1n) is 5.37. The Morgan fingerprint density at radius 2 is 2.21 bits per heavy atom. The van der Waals surface area contributed by atoms with E-state index >= 15 is 0 Å². The van der Waals surface area contributed by atoms with Crippen LogP contribution in [0, 0.1) is 0 Å². The first kappa shape index (κ1) is 13.0. The van der Waals surface area contributed by atoms with Crippen molar-refractivity contribution in [3.05, 3.63) is 40.9 Å². The van der Waals surface area contributed by atoms with Gasteiger partial charge in [0.05, 0.1) is 17.7 Å². The number of anilines is 2. The Bertz CT molecular complexity index is 624. The van der Waals surface area contributed by atoms with Crippen LogP contribution >= 0.6 is 11.3 Å². The lowest BCUT2D eigenvalue weighted by Gasteiger charge is -2.04. The number of hydrogen-bond donors (Lipinski definition) is 3. The van der Waals surface area contributed by atoms with Gasteiger partial charge in [-0.1, -0.05) is 6.07 Å². The van der Waals surface area contributed by atoms with Crippen molar-refractivity contribution in [1.82, 2.24) is 4.98 Å². The quantitative estimate of drug-likeness (QED) is 0.787. The van der Waals surface area contributed by atoms with E-state index in [-0.39, 0.29) is 17.9 Å². The summed E-state index contributed by atoms with van der Waals surface area (Å²) in [6.45, 7) is 0. The lowest BCUT2D eigenvalue weighted by molar-refractivity contribution is -0.115. The van der Waals surface area contributed by atoms with E-state index in [0.717, 1.165) is 0 Å². The molecule has 0 radical (unpaired) electrons. The van der Waals surface area contributed by atoms with E-state index in [1.807, 2.05) is 0 Å². The Morgan fingerprint density at radius 1 is 1.42 bits per heavy atom. The van der Waals surface area contributed by atoms with Crippen molar-refractivity contribution in [3.63, 3.8) is 0 Å². The molecular formula is C12H11N3O3S. The van der Waals surface area contributed by atoms with Crippen LogP contribution in [0.3, 0.4) is 0 Å². The highest BCUT2D eigenvalue weighted by atomic mass is 32.1. The summed E-state index contributed by atoms with van der Waals surface area (Å²) in [5.41, 5.74) is 6.62. The zero-order valence-corrected chi connectivity index (χ0v) is 10.6. The van der Waals surface area contributed by atoms with Crippen molar-refractivity contribution < 1.29 is 14.7 Å². The molecule has 7 heteroatoms. The largest absolute Gasteiger partial charge is 0.478 e. The number of hydrogen-bond acceptors (Lipinski definition) is 5. The number of amides is 1. The van der Waals surface area contributed by atoms with Gasteiger partial charge in [-0.05, 0) is 18.2 Å². The zero-order valence-electron chi connectivity index (χ0n) is 9.79. The molecule has 2 aromatic rings. The zero-order chi connectivity index (χ0) is 13.8. The lowest BCUT2D eigenvalue weighted by atomic mass is 10.2. The molecular weight excluding hydrogens is 266 g/mol. The standard InChI is InChI=1S/C12H11N3O3S/c13-12-15-9(6-19-12)5-10(16)14-8-3-1-2-7(4-8)11(17)18/h1-4,6H,5H2,(H2,13,15)(H,14,16)(H,17,18). The second-order valence-corrected chi connectivity index (χ2v) is 4.68. The summed E-state index contributed by atoms with van der Waals surface area (Å²) in [4.78, 5) is 26.5. The first-order valence-corrected chi connectivity index (χ1v) is 6.25. The monoisotopic (exact) mass is 277 g/mol. The SMILES string of the molecule is Nc1nc(CC(=O)Nc2cccc(C(=O)O)c2)cs1. The van der Waals surface area contributed by atoms with Crippen LogP contribution in [0.25, 0.3) is 0 Å². The molecule has 0 saturated heterocycles. The van der Waals surface area contributed by atoms with Gasteiger partial charge in [-0.15, -0.1) is 11.3 Å². The third-order valence-corrected chi connectivity index (χ3v) is 3.03. The Morgan fingerprint density at radius 3 is 2.84 bits per heavy atom. The summed E-state index contributed by atoms with van der Waals surface area (Å²) in [5, 5.41) is 13.6. The normalized spacial score (nSPS) is 10.1. The van der Waals surface area contributed by atoms with Crippen molar-refractivity contribution in [2.75, 3.05) is 11.1 Å². The number of carbonyl (C=O) groups is 2. The van der Waals surface area contributed by atoms with Crippen molar-refractivity contribution in [2.45, 2.75) is 6.42 Å². The Kier molecular flexibility index (Phi) is 3.76. The van der Waals surface area contributed by atoms with Gasteiger partial charge in [0.2, 0.25) is 5.91 Å². The Labute approximate surface area is 112 Å². The van der Waals surface area contributed by atoms with E-state index in [2.05, 4.69) is 10.3 Å². The molecule has 1 amide bonds. The van der Waals surface area contributed by atoms with Crippen molar-refractivity contribution in [1.29, 1.82) is 0 Å². The number of carboxylic acids is 1. The highest BCUT2D eigenvalue weighted by molar-refractivity contribution is 7.13.